The average Bonchev–Trinajstić information content (AvgIpc) is 3.19. The van der Waals surface area contributed by atoms with Crippen molar-refractivity contribution in [2.45, 2.75) is 49.4 Å². The van der Waals surface area contributed by atoms with E-state index in [9.17, 15) is 4.79 Å². The first kappa shape index (κ1) is 21.2. The third kappa shape index (κ3) is 4.17. The van der Waals surface area contributed by atoms with Crippen LogP contribution in [0.5, 0.6) is 0 Å². The zero-order valence-corrected chi connectivity index (χ0v) is 19.5. The largest absolute Gasteiger partial charge is 0.294 e. The molecule has 0 aliphatic heterocycles. The van der Waals surface area contributed by atoms with Gasteiger partial charge in [-0.15, -0.1) is 5.10 Å². The fourth-order valence-corrected chi connectivity index (χ4v) is 5.18. The second kappa shape index (κ2) is 8.68. The Kier molecular flexibility index (Phi) is 5.74. The Morgan fingerprint density at radius 3 is 2.62 bits per heavy atom. The van der Waals surface area contributed by atoms with Gasteiger partial charge in [0.05, 0.1) is 11.3 Å². The molecule has 0 amide bonds. The number of aromatic nitrogens is 4. The van der Waals surface area contributed by atoms with Crippen molar-refractivity contribution >= 4 is 34.9 Å². The number of ketones is 1. The van der Waals surface area contributed by atoms with Crippen molar-refractivity contribution in [3.63, 3.8) is 0 Å². The van der Waals surface area contributed by atoms with Gasteiger partial charge >= 0.3 is 0 Å². The summed E-state index contributed by atoms with van der Waals surface area (Å²) in [6.45, 7) is 4.37. The number of rotatable bonds is 5. The molecule has 1 aliphatic carbocycles. The first-order valence-electron chi connectivity index (χ1n) is 10.7. The maximum atomic E-state index is 12.9. The molecule has 1 unspecified atom stereocenters. The number of fused-ring (bicyclic) bond motifs is 2. The minimum absolute atomic E-state index is 0.111. The van der Waals surface area contributed by atoms with Gasteiger partial charge in [-0.3, -0.25) is 4.79 Å². The summed E-state index contributed by atoms with van der Waals surface area (Å²) in [6, 6.07) is 16.4. The highest BCUT2D eigenvalue weighted by Gasteiger charge is 2.28. The highest BCUT2D eigenvalue weighted by Crippen LogP contribution is 2.33. The van der Waals surface area contributed by atoms with Gasteiger partial charge in [0.15, 0.2) is 5.78 Å². The molecule has 4 aromatic rings. The van der Waals surface area contributed by atoms with Gasteiger partial charge in [0.2, 0.25) is 5.16 Å². The van der Waals surface area contributed by atoms with Crippen molar-refractivity contribution < 1.29 is 4.79 Å². The summed E-state index contributed by atoms with van der Waals surface area (Å²) in [4.78, 5) is 22.2. The Morgan fingerprint density at radius 2 is 1.88 bits per heavy atom. The van der Waals surface area contributed by atoms with Crippen LogP contribution >= 0.6 is 23.4 Å². The predicted octanol–water partition coefficient (Wildman–Crippen LogP) is 6.11. The Bertz CT molecular complexity index is 1300. The maximum absolute atomic E-state index is 12.9. The summed E-state index contributed by atoms with van der Waals surface area (Å²) >= 11 is 7.76. The number of hydrogen-bond donors (Lipinski definition) is 0. The first-order chi connectivity index (χ1) is 15.5. The molecular weight excluding hydrogens is 440 g/mol. The van der Waals surface area contributed by atoms with Gasteiger partial charge in [0, 0.05) is 23.4 Å². The van der Waals surface area contributed by atoms with Crippen molar-refractivity contribution in [2.24, 2.45) is 0 Å². The van der Waals surface area contributed by atoms with Crippen LogP contribution in [0.3, 0.4) is 0 Å². The molecule has 2 heterocycles. The van der Waals surface area contributed by atoms with Crippen LogP contribution in [0.25, 0.3) is 5.78 Å². The van der Waals surface area contributed by atoms with E-state index in [0.717, 1.165) is 22.7 Å². The molecule has 0 N–H and O–H groups in total. The fourth-order valence-electron chi connectivity index (χ4n) is 4.07. The van der Waals surface area contributed by atoms with E-state index in [-0.39, 0.29) is 11.7 Å². The number of thioether (sulfide) groups is 1. The van der Waals surface area contributed by atoms with Crippen molar-refractivity contribution in [1.82, 2.24) is 19.6 Å². The lowest BCUT2D eigenvalue weighted by atomic mass is 9.81. The second-order valence-corrected chi connectivity index (χ2v) is 9.82. The molecule has 0 spiro atoms. The van der Waals surface area contributed by atoms with E-state index in [1.807, 2.05) is 24.3 Å². The van der Waals surface area contributed by atoms with Gasteiger partial charge < -0.3 is 0 Å². The highest BCUT2D eigenvalue weighted by atomic mass is 35.5. The third-order valence-corrected chi connectivity index (χ3v) is 7.21. The predicted molar refractivity (Wildman–Crippen MR) is 128 cm³/mol. The molecular formula is C25H23ClN4OS. The number of hydrogen-bond acceptors (Lipinski definition) is 5. The minimum Gasteiger partial charge on any atom is -0.294 e. The number of carbonyl (C=O) groups is 1. The number of halogens is 1. The lowest BCUT2D eigenvalue weighted by Gasteiger charge is -2.23. The van der Waals surface area contributed by atoms with Crippen LogP contribution in [0.4, 0.5) is 0 Å². The first-order valence-corrected chi connectivity index (χ1v) is 12.1. The standard InChI is InChI=1S/C25H23ClN4OS/c1-15(2)16-7-9-17(10-8-16)19-11-22-20(23(31)12-19)13-30-24(27-22)28-25(29-30)32-14-18-5-3-4-6-21(18)26/h3-10,13,15,19H,11-12,14H2,1-2H3. The highest BCUT2D eigenvalue weighted by molar-refractivity contribution is 7.98. The van der Waals surface area contributed by atoms with Crippen LogP contribution in [0.2, 0.25) is 5.02 Å². The molecule has 1 aliphatic rings. The van der Waals surface area contributed by atoms with E-state index in [4.69, 9.17) is 16.6 Å². The van der Waals surface area contributed by atoms with Crippen LogP contribution in [-0.4, -0.2) is 25.4 Å². The van der Waals surface area contributed by atoms with Crippen LogP contribution in [0.15, 0.2) is 59.9 Å². The van der Waals surface area contributed by atoms with E-state index >= 15 is 0 Å². The summed E-state index contributed by atoms with van der Waals surface area (Å²) in [7, 11) is 0. The van der Waals surface area contributed by atoms with Crippen molar-refractivity contribution in [3.8, 4) is 0 Å². The molecule has 162 valence electrons. The van der Waals surface area contributed by atoms with Crippen molar-refractivity contribution in [3.05, 3.63) is 87.7 Å². The second-order valence-electron chi connectivity index (χ2n) is 8.47. The maximum Gasteiger partial charge on any atom is 0.253 e. The molecule has 5 nitrogen and oxygen atoms in total. The van der Waals surface area contributed by atoms with Gasteiger partial charge in [-0.1, -0.05) is 79.7 Å². The molecule has 1 atom stereocenters. The van der Waals surface area contributed by atoms with Crippen LogP contribution in [0, 0.1) is 0 Å². The van der Waals surface area contributed by atoms with Gasteiger partial charge in [0.1, 0.15) is 0 Å². The van der Waals surface area contributed by atoms with E-state index in [2.05, 4.69) is 48.2 Å². The lowest BCUT2D eigenvalue weighted by Crippen LogP contribution is -2.21. The quantitative estimate of drug-likeness (QED) is 0.335. The normalized spacial score (nSPS) is 16.0. The number of Topliss-reactive ketones (excluding diaryl/α,β-unsaturated/α-hetero) is 1. The zero-order chi connectivity index (χ0) is 22.2. The van der Waals surface area contributed by atoms with Gasteiger partial charge in [0.25, 0.3) is 5.78 Å². The molecule has 32 heavy (non-hydrogen) atoms. The topological polar surface area (TPSA) is 60.2 Å². The Balaban J connectivity index is 1.38. The van der Waals surface area contributed by atoms with Crippen LogP contribution in [-0.2, 0) is 12.2 Å². The van der Waals surface area contributed by atoms with Gasteiger partial charge in [-0.05, 0) is 41.0 Å². The number of benzene rings is 2. The minimum atomic E-state index is 0.111. The molecule has 0 fully saturated rings. The monoisotopic (exact) mass is 462 g/mol. The van der Waals surface area contributed by atoms with Gasteiger partial charge in [-0.25, -0.2) is 9.50 Å². The van der Waals surface area contributed by atoms with Crippen molar-refractivity contribution in [1.29, 1.82) is 0 Å². The number of carbonyl (C=O) groups excluding carboxylic acids is 1. The molecule has 0 radical (unpaired) electrons. The number of nitrogens with zero attached hydrogens (tertiary/aromatic N) is 4. The molecule has 5 rings (SSSR count). The molecule has 0 saturated heterocycles. The molecule has 7 heteroatoms. The zero-order valence-electron chi connectivity index (χ0n) is 18.0. The third-order valence-electron chi connectivity index (χ3n) is 5.95. The Labute approximate surface area is 196 Å². The molecule has 0 bridgehead atoms. The Morgan fingerprint density at radius 1 is 1.09 bits per heavy atom. The smallest absolute Gasteiger partial charge is 0.253 e. The van der Waals surface area contributed by atoms with E-state index in [0.29, 0.717) is 34.6 Å². The average molecular weight is 463 g/mol. The van der Waals surface area contributed by atoms with E-state index in [1.165, 1.54) is 22.9 Å². The van der Waals surface area contributed by atoms with Crippen molar-refractivity contribution in [2.75, 3.05) is 0 Å². The lowest BCUT2D eigenvalue weighted by molar-refractivity contribution is 0.0962. The molecule has 2 aromatic heterocycles. The van der Waals surface area contributed by atoms with Crippen LogP contribution < -0.4 is 0 Å². The molecule has 0 saturated carbocycles. The Hall–Kier alpha value is -2.70. The fraction of sp³-hybridized carbons (Fsp3) is 0.280. The summed E-state index contributed by atoms with van der Waals surface area (Å²) in [5.41, 5.74) is 4.99. The summed E-state index contributed by atoms with van der Waals surface area (Å²) < 4.78 is 1.61. The van der Waals surface area contributed by atoms with E-state index in [1.54, 1.807) is 10.7 Å². The summed E-state index contributed by atoms with van der Waals surface area (Å²) in [5.74, 6) is 1.94. The van der Waals surface area contributed by atoms with E-state index < -0.39 is 0 Å². The van der Waals surface area contributed by atoms with Crippen LogP contribution in [0.1, 0.15) is 64.8 Å². The molecule has 2 aromatic carbocycles. The summed E-state index contributed by atoms with van der Waals surface area (Å²) in [5, 5.41) is 5.86. The summed E-state index contributed by atoms with van der Waals surface area (Å²) in [6.07, 6.45) is 3.00. The SMILES string of the molecule is CC(C)c1ccc(C2CC(=O)c3cn4nc(SCc5ccccc5Cl)nc4nc3C2)cc1. The van der Waals surface area contributed by atoms with Gasteiger partial charge in [-0.2, -0.15) is 4.98 Å².